The molecule has 2 rings (SSSR count). The molecule has 0 fully saturated rings. The van der Waals surface area contributed by atoms with Crippen molar-refractivity contribution in [1.82, 2.24) is 9.62 Å². The van der Waals surface area contributed by atoms with E-state index in [0.717, 1.165) is 23.3 Å². The molecule has 0 atom stereocenters. The average molecular weight is 474 g/mol. The van der Waals surface area contributed by atoms with Gasteiger partial charge in [0.1, 0.15) is 0 Å². The van der Waals surface area contributed by atoms with Crippen molar-refractivity contribution in [2.75, 3.05) is 25.0 Å². The van der Waals surface area contributed by atoms with Gasteiger partial charge in [-0.1, -0.05) is 32.0 Å². The van der Waals surface area contributed by atoms with E-state index in [2.05, 4.69) is 10.6 Å². The summed E-state index contributed by atoms with van der Waals surface area (Å²) >= 11 is 5.28. The van der Waals surface area contributed by atoms with Gasteiger partial charge in [0.25, 0.3) is 0 Å². The molecule has 0 amide bonds. The first-order valence-corrected chi connectivity index (χ1v) is 11.7. The van der Waals surface area contributed by atoms with Crippen molar-refractivity contribution in [3.8, 4) is 0 Å². The quantitative estimate of drug-likeness (QED) is 0.550. The van der Waals surface area contributed by atoms with Crippen LogP contribution in [0.5, 0.6) is 0 Å². The maximum absolute atomic E-state index is 12.7. The first kappa shape index (κ1) is 25.1. The summed E-state index contributed by atoms with van der Waals surface area (Å²) in [7, 11) is -3.59. The number of thiocarbonyl (C=S) groups is 1. The molecule has 0 heterocycles. The van der Waals surface area contributed by atoms with Gasteiger partial charge in [-0.15, -0.1) is 0 Å². The largest absolute Gasteiger partial charge is 0.416 e. The van der Waals surface area contributed by atoms with E-state index in [0.29, 0.717) is 36.9 Å². The van der Waals surface area contributed by atoms with Crippen LogP contribution in [-0.4, -0.2) is 37.5 Å². The Hall–Kier alpha value is -2.17. The van der Waals surface area contributed by atoms with Crippen molar-refractivity contribution in [1.29, 1.82) is 0 Å². The predicted molar refractivity (Wildman–Crippen MR) is 121 cm³/mol. The lowest BCUT2D eigenvalue weighted by Gasteiger charge is -2.20. The fourth-order valence-electron chi connectivity index (χ4n) is 2.96. The van der Waals surface area contributed by atoms with E-state index in [4.69, 9.17) is 12.2 Å². The lowest BCUT2D eigenvalue weighted by Crippen LogP contribution is -2.32. The Kier molecular flexibility index (Phi) is 8.44. The number of aryl methyl sites for hydroxylation is 1. The average Bonchev–Trinajstić information content (AvgIpc) is 2.70. The molecule has 0 bridgehead atoms. The van der Waals surface area contributed by atoms with E-state index >= 15 is 0 Å². The lowest BCUT2D eigenvalue weighted by molar-refractivity contribution is -0.137. The van der Waals surface area contributed by atoms with Crippen LogP contribution in [0.3, 0.4) is 0 Å². The number of anilines is 1. The molecule has 2 aromatic carbocycles. The van der Waals surface area contributed by atoms with Crippen molar-refractivity contribution >= 4 is 33.0 Å². The Balaban J connectivity index is 1.99. The van der Waals surface area contributed by atoms with Crippen LogP contribution in [0.25, 0.3) is 0 Å². The van der Waals surface area contributed by atoms with E-state index in [-0.39, 0.29) is 4.90 Å². The minimum atomic E-state index is -4.35. The fraction of sp³-hybridized carbons (Fsp3) is 0.381. The summed E-state index contributed by atoms with van der Waals surface area (Å²) in [5.74, 6) is 0. The second-order valence-electron chi connectivity index (χ2n) is 6.89. The van der Waals surface area contributed by atoms with Gasteiger partial charge in [-0.3, -0.25) is 0 Å². The van der Waals surface area contributed by atoms with Gasteiger partial charge >= 0.3 is 6.18 Å². The molecular formula is C21H26F3N3O2S2. The van der Waals surface area contributed by atoms with E-state index in [1.807, 2.05) is 6.92 Å². The molecule has 31 heavy (non-hydrogen) atoms. The number of hydrogen-bond acceptors (Lipinski definition) is 3. The summed E-state index contributed by atoms with van der Waals surface area (Å²) in [4.78, 5) is 0.178. The third kappa shape index (κ3) is 6.65. The maximum Gasteiger partial charge on any atom is 0.416 e. The Labute approximate surface area is 186 Å². The Morgan fingerprint density at radius 2 is 1.68 bits per heavy atom. The normalized spacial score (nSPS) is 12.1. The lowest BCUT2D eigenvalue weighted by atomic mass is 10.1. The van der Waals surface area contributed by atoms with Crippen molar-refractivity contribution in [2.45, 2.75) is 38.3 Å². The van der Waals surface area contributed by atoms with Crippen molar-refractivity contribution < 1.29 is 21.6 Å². The summed E-state index contributed by atoms with van der Waals surface area (Å²) in [6.45, 7) is 6.56. The highest BCUT2D eigenvalue weighted by Crippen LogP contribution is 2.29. The molecule has 0 saturated carbocycles. The van der Waals surface area contributed by atoms with Crippen LogP contribution < -0.4 is 10.6 Å². The molecule has 0 aliphatic rings. The van der Waals surface area contributed by atoms with Gasteiger partial charge in [0.05, 0.1) is 10.5 Å². The summed E-state index contributed by atoms with van der Waals surface area (Å²) in [5.41, 5.74) is 1.45. The van der Waals surface area contributed by atoms with Gasteiger partial charge in [-0.25, -0.2) is 8.42 Å². The maximum atomic E-state index is 12.7. The first-order chi connectivity index (χ1) is 14.5. The summed E-state index contributed by atoms with van der Waals surface area (Å²) in [6.07, 6.45) is -3.87. The monoisotopic (exact) mass is 473 g/mol. The van der Waals surface area contributed by atoms with E-state index in [1.165, 1.54) is 16.4 Å². The zero-order valence-corrected chi connectivity index (χ0v) is 19.2. The van der Waals surface area contributed by atoms with Crippen molar-refractivity contribution in [2.24, 2.45) is 0 Å². The minimum Gasteiger partial charge on any atom is -0.362 e. The van der Waals surface area contributed by atoms with Crippen LogP contribution in [0.2, 0.25) is 0 Å². The molecule has 0 saturated heterocycles. The first-order valence-electron chi connectivity index (χ1n) is 9.80. The van der Waals surface area contributed by atoms with Crippen molar-refractivity contribution in [3.63, 3.8) is 0 Å². The van der Waals surface area contributed by atoms with Gasteiger partial charge < -0.3 is 10.6 Å². The summed E-state index contributed by atoms with van der Waals surface area (Å²) < 4.78 is 64.7. The highest BCUT2D eigenvalue weighted by molar-refractivity contribution is 7.89. The van der Waals surface area contributed by atoms with Crippen LogP contribution in [-0.2, 0) is 22.6 Å². The number of nitrogens with zero attached hydrogens (tertiary/aromatic N) is 1. The SMILES string of the molecule is CCN(CC)S(=O)(=O)c1ccc(C)c(NC(=S)NCCc2ccc(C(F)(F)F)cc2)c1. The molecule has 5 nitrogen and oxygen atoms in total. The highest BCUT2D eigenvalue weighted by atomic mass is 32.2. The van der Waals surface area contributed by atoms with Gasteiger partial charge in [-0.2, -0.15) is 17.5 Å². The molecule has 0 radical (unpaired) electrons. The van der Waals surface area contributed by atoms with Crippen LogP contribution in [0.15, 0.2) is 47.4 Å². The predicted octanol–water partition coefficient (Wildman–Crippen LogP) is 4.57. The van der Waals surface area contributed by atoms with Crippen LogP contribution in [0.1, 0.15) is 30.5 Å². The number of sulfonamides is 1. The Bertz CT molecular complexity index is 1000. The molecule has 0 aromatic heterocycles. The molecule has 2 N–H and O–H groups in total. The number of nitrogens with one attached hydrogen (secondary N) is 2. The molecule has 170 valence electrons. The summed E-state index contributed by atoms with van der Waals surface area (Å²) in [5, 5.41) is 6.29. The number of rotatable bonds is 8. The molecule has 0 aliphatic heterocycles. The third-order valence-electron chi connectivity index (χ3n) is 4.78. The van der Waals surface area contributed by atoms with Gasteiger partial charge in [0.15, 0.2) is 5.11 Å². The second kappa shape index (κ2) is 10.4. The summed E-state index contributed by atoms with van der Waals surface area (Å²) in [6, 6.07) is 9.80. The van der Waals surface area contributed by atoms with Gasteiger partial charge in [0, 0.05) is 25.3 Å². The molecule has 0 unspecified atom stereocenters. The number of benzene rings is 2. The van der Waals surface area contributed by atoms with Crippen LogP contribution in [0.4, 0.5) is 18.9 Å². The van der Waals surface area contributed by atoms with E-state index in [9.17, 15) is 21.6 Å². The van der Waals surface area contributed by atoms with Gasteiger partial charge in [0.2, 0.25) is 10.0 Å². The molecule has 10 heteroatoms. The smallest absolute Gasteiger partial charge is 0.362 e. The van der Waals surface area contributed by atoms with Crippen LogP contribution in [0, 0.1) is 6.92 Å². The molecule has 0 spiro atoms. The van der Waals surface area contributed by atoms with Crippen LogP contribution >= 0.6 is 12.2 Å². The molecule has 2 aromatic rings. The zero-order valence-electron chi connectivity index (χ0n) is 17.6. The second-order valence-corrected chi connectivity index (χ2v) is 9.24. The third-order valence-corrected chi connectivity index (χ3v) is 7.07. The topological polar surface area (TPSA) is 61.4 Å². The number of hydrogen-bond donors (Lipinski definition) is 2. The van der Waals surface area contributed by atoms with Gasteiger partial charge in [-0.05, 0) is 61.0 Å². The van der Waals surface area contributed by atoms with Crippen molar-refractivity contribution in [3.05, 3.63) is 59.2 Å². The van der Waals surface area contributed by atoms with E-state index in [1.54, 1.807) is 32.0 Å². The zero-order chi connectivity index (χ0) is 23.2. The number of alkyl halides is 3. The molecule has 0 aliphatic carbocycles. The highest BCUT2D eigenvalue weighted by Gasteiger charge is 2.29. The van der Waals surface area contributed by atoms with E-state index < -0.39 is 21.8 Å². The fourth-order valence-corrected chi connectivity index (χ4v) is 4.65. The standard InChI is InChI=1S/C21H26F3N3O2S2/c1-4-27(5-2)31(28,29)18-11-6-15(3)19(14-18)26-20(30)25-13-12-16-7-9-17(10-8-16)21(22,23)24/h6-11,14H,4-5,12-13H2,1-3H3,(H2,25,26,30). The Morgan fingerprint density at radius 1 is 1.06 bits per heavy atom. The molecular weight excluding hydrogens is 447 g/mol. The Morgan fingerprint density at radius 3 is 2.23 bits per heavy atom. The number of halogens is 3. The minimum absolute atomic E-state index is 0.178.